The zero-order valence-electron chi connectivity index (χ0n) is 21.1. The molecule has 0 nitrogen and oxygen atoms in total. The van der Waals surface area contributed by atoms with Gasteiger partial charge in [0.2, 0.25) is 0 Å². The summed E-state index contributed by atoms with van der Waals surface area (Å²) in [5.41, 5.74) is 2.70. The Morgan fingerprint density at radius 1 is 1.03 bits per heavy atom. The summed E-state index contributed by atoms with van der Waals surface area (Å²) in [6.45, 7) is 18.9. The topological polar surface area (TPSA) is 0 Å². The summed E-state index contributed by atoms with van der Waals surface area (Å²) in [6, 6.07) is 10.5. The standard InChI is InChI=1S/C13H26.C9H16.C8H10/c1-4-5-8-12-9-6-7-10-13(12)11(2)3;1-4-5-6-7-8-9(2)3;1-2-8-6-4-3-5-7-8/h11-13H,4-10H2,1-3H3;4H,1-2,5-8H2,3H3;3-7H,2H2,1H3. The fraction of sp³-hybridized carbons (Fsp3) is 0.667. The quantitative estimate of drug-likeness (QED) is 0.265. The predicted octanol–water partition coefficient (Wildman–Crippen LogP) is 10.2. The Labute approximate surface area is 190 Å². The van der Waals surface area contributed by atoms with E-state index in [1.807, 2.05) is 12.1 Å². The van der Waals surface area contributed by atoms with Gasteiger partial charge in [0, 0.05) is 0 Å². The van der Waals surface area contributed by atoms with Crippen molar-refractivity contribution in [1.29, 1.82) is 0 Å². The second-order valence-corrected chi connectivity index (χ2v) is 9.43. The highest BCUT2D eigenvalue weighted by molar-refractivity contribution is 5.13. The molecule has 2 atom stereocenters. The van der Waals surface area contributed by atoms with E-state index in [4.69, 9.17) is 0 Å². The van der Waals surface area contributed by atoms with Gasteiger partial charge >= 0.3 is 0 Å². The van der Waals surface area contributed by atoms with Crippen LogP contribution in [0.1, 0.15) is 111 Å². The fourth-order valence-corrected chi connectivity index (χ4v) is 4.37. The third-order valence-corrected chi connectivity index (χ3v) is 6.27. The van der Waals surface area contributed by atoms with Crippen LogP contribution in [0.15, 0.2) is 55.1 Å². The Morgan fingerprint density at radius 2 is 1.70 bits per heavy atom. The van der Waals surface area contributed by atoms with E-state index in [0.29, 0.717) is 0 Å². The zero-order valence-corrected chi connectivity index (χ0v) is 21.1. The Balaban J connectivity index is 0.000000438. The highest BCUT2D eigenvalue weighted by atomic mass is 14.3. The number of benzene rings is 1. The second kappa shape index (κ2) is 19.7. The Bertz CT molecular complexity index is 510. The molecule has 0 heteroatoms. The van der Waals surface area contributed by atoms with Gasteiger partial charge in [-0.3, -0.25) is 0 Å². The molecule has 1 aromatic carbocycles. The minimum atomic E-state index is 0.919. The van der Waals surface area contributed by atoms with E-state index < -0.39 is 0 Å². The largest absolute Gasteiger partial charge is 0.103 e. The van der Waals surface area contributed by atoms with E-state index in [-0.39, 0.29) is 0 Å². The molecule has 0 saturated heterocycles. The second-order valence-electron chi connectivity index (χ2n) is 9.43. The third-order valence-electron chi connectivity index (χ3n) is 6.27. The van der Waals surface area contributed by atoms with Crippen LogP contribution in [-0.2, 0) is 6.42 Å². The maximum atomic E-state index is 3.83. The maximum absolute atomic E-state index is 3.83. The molecule has 1 saturated carbocycles. The molecule has 1 aliphatic rings. The van der Waals surface area contributed by atoms with Crippen molar-refractivity contribution in [1.82, 2.24) is 0 Å². The summed E-state index contributed by atoms with van der Waals surface area (Å²) in [6.07, 6.45) is 18.3. The first-order valence-electron chi connectivity index (χ1n) is 12.7. The first kappa shape index (κ1) is 28.7. The van der Waals surface area contributed by atoms with Gasteiger partial charge in [0.1, 0.15) is 0 Å². The molecule has 1 aromatic rings. The van der Waals surface area contributed by atoms with Crippen LogP contribution in [0, 0.1) is 17.8 Å². The van der Waals surface area contributed by atoms with Crippen molar-refractivity contribution in [2.24, 2.45) is 17.8 Å². The van der Waals surface area contributed by atoms with Crippen molar-refractivity contribution in [2.45, 2.75) is 112 Å². The molecule has 2 rings (SSSR count). The predicted molar refractivity (Wildman–Crippen MR) is 139 cm³/mol. The lowest BCUT2D eigenvalue weighted by molar-refractivity contribution is 0.168. The van der Waals surface area contributed by atoms with E-state index in [9.17, 15) is 0 Å². The van der Waals surface area contributed by atoms with Gasteiger partial charge in [-0.05, 0) is 68.8 Å². The van der Waals surface area contributed by atoms with Gasteiger partial charge in [0.05, 0.1) is 0 Å². The van der Waals surface area contributed by atoms with Gasteiger partial charge in [-0.2, -0.15) is 0 Å². The number of unbranched alkanes of at least 4 members (excludes halogenated alkanes) is 3. The molecule has 0 heterocycles. The van der Waals surface area contributed by atoms with Crippen LogP contribution in [0.25, 0.3) is 0 Å². The van der Waals surface area contributed by atoms with Gasteiger partial charge in [-0.15, -0.1) is 13.2 Å². The monoisotopic (exact) mass is 412 g/mol. The Morgan fingerprint density at radius 3 is 2.20 bits per heavy atom. The summed E-state index contributed by atoms with van der Waals surface area (Å²) in [5.74, 6) is 3.02. The van der Waals surface area contributed by atoms with E-state index >= 15 is 0 Å². The molecule has 172 valence electrons. The van der Waals surface area contributed by atoms with E-state index in [2.05, 4.69) is 72.0 Å². The number of allylic oxidation sites excluding steroid dienone is 2. The van der Waals surface area contributed by atoms with Crippen LogP contribution < -0.4 is 0 Å². The first-order chi connectivity index (χ1) is 14.5. The maximum Gasteiger partial charge on any atom is -0.0307 e. The molecule has 0 spiro atoms. The van der Waals surface area contributed by atoms with Crippen molar-refractivity contribution < 1.29 is 0 Å². The highest BCUT2D eigenvalue weighted by Gasteiger charge is 2.26. The summed E-state index contributed by atoms with van der Waals surface area (Å²) in [7, 11) is 0. The summed E-state index contributed by atoms with van der Waals surface area (Å²) in [5, 5.41) is 0. The average Bonchev–Trinajstić information content (AvgIpc) is 2.76. The van der Waals surface area contributed by atoms with Gasteiger partial charge in [-0.1, -0.05) is 108 Å². The molecular weight excluding hydrogens is 360 g/mol. The zero-order chi connectivity index (χ0) is 22.6. The molecule has 1 aliphatic carbocycles. The molecule has 0 N–H and O–H groups in total. The van der Waals surface area contributed by atoms with Crippen LogP contribution in [0.3, 0.4) is 0 Å². The molecule has 0 aliphatic heterocycles. The van der Waals surface area contributed by atoms with E-state index in [1.165, 1.54) is 75.3 Å². The molecule has 0 aromatic heterocycles. The smallest absolute Gasteiger partial charge is 0.0307 e. The van der Waals surface area contributed by atoms with E-state index in [0.717, 1.165) is 30.6 Å². The van der Waals surface area contributed by atoms with Gasteiger partial charge in [-0.25, -0.2) is 0 Å². The van der Waals surface area contributed by atoms with Gasteiger partial charge in [0.15, 0.2) is 0 Å². The molecule has 0 radical (unpaired) electrons. The van der Waals surface area contributed by atoms with Crippen LogP contribution >= 0.6 is 0 Å². The third kappa shape index (κ3) is 15.5. The van der Waals surface area contributed by atoms with Crippen LogP contribution in [-0.4, -0.2) is 0 Å². The lowest BCUT2D eigenvalue weighted by Gasteiger charge is -2.34. The van der Waals surface area contributed by atoms with Crippen molar-refractivity contribution in [3.05, 3.63) is 60.7 Å². The summed E-state index contributed by atoms with van der Waals surface area (Å²) < 4.78 is 0. The lowest BCUT2D eigenvalue weighted by atomic mass is 9.72. The number of rotatable bonds is 10. The minimum Gasteiger partial charge on any atom is -0.103 e. The van der Waals surface area contributed by atoms with Crippen molar-refractivity contribution in [3.63, 3.8) is 0 Å². The SMILES string of the molecule is C=CCCCCC(=C)C.CCCCC1CCCCC1C(C)C.CCc1ccccc1. The van der Waals surface area contributed by atoms with E-state index in [1.54, 1.807) is 0 Å². The van der Waals surface area contributed by atoms with Crippen molar-refractivity contribution in [3.8, 4) is 0 Å². The first-order valence-corrected chi connectivity index (χ1v) is 12.7. The van der Waals surface area contributed by atoms with Gasteiger partial charge in [0.25, 0.3) is 0 Å². The lowest BCUT2D eigenvalue weighted by Crippen LogP contribution is -2.24. The summed E-state index contributed by atoms with van der Waals surface area (Å²) in [4.78, 5) is 0. The average molecular weight is 413 g/mol. The number of hydrogen-bond acceptors (Lipinski definition) is 0. The molecular formula is C30H52. The minimum absolute atomic E-state index is 0.919. The normalized spacial score (nSPS) is 17.9. The molecule has 2 unspecified atom stereocenters. The van der Waals surface area contributed by atoms with Crippen molar-refractivity contribution in [2.75, 3.05) is 0 Å². The molecule has 0 bridgehead atoms. The van der Waals surface area contributed by atoms with Gasteiger partial charge < -0.3 is 0 Å². The Hall–Kier alpha value is -1.30. The molecule has 0 amide bonds. The summed E-state index contributed by atoms with van der Waals surface area (Å²) >= 11 is 0. The Kier molecular flexibility index (Phi) is 18.8. The number of aryl methyl sites for hydroxylation is 1. The van der Waals surface area contributed by atoms with Crippen LogP contribution in [0.2, 0.25) is 0 Å². The highest BCUT2D eigenvalue weighted by Crippen LogP contribution is 2.37. The van der Waals surface area contributed by atoms with Crippen molar-refractivity contribution >= 4 is 0 Å². The molecule has 30 heavy (non-hydrogen) atoms. The van der Waals surface area contributed by atoms with Crippen LogP contribution in [0.4, 0.5) is 0 Å². The fourth-order valence-electron chi connectivity index (χ4n) is 4.37. The number of hydrogen-bond donors (Lipinski definition) is 0. The molecule has 1 fully saturated rings. The van der Waals surface area contributed by atoms with Crippen LogP contribution in [0.5, 0.6) is 0 Å².